The van der Waals surface area contributed by atoms with Crippen molar-refractivity contribution in [2.45, 2.75) is 6.92 Å². The molecule has 0 atom stereocenters. The van der Waals surface area contributed by atoms with Gasteiger partial charge in [-0.1, -0.05) is 12.2 Å². The average Bonchev–Trinajstić information content (AvgIpc) is 2.12. The first-order valence-corrected chi connectivity index (χ1v) is 4.47. The number of amides is 1. The van der Waals surface area contributed by atoms with E-state index in [1.165, 1.54) is 6.07 Å². The van der Waals surface area contributed by atoms with Gasteiger partial charge in [-0.2, -0.15) is 0 Å². The van der Waals surface area contributed by atoms with Crippen LogP contribution >= 0.6 is 0 Å². The molecule has 1 aromatic rings. The van der Waals surface area contributed by atoms with Crippen molar-refractivity contribution in [1.29, 1.82) is 0 Å². The zero-order chi connectivity index (χ0) is 11.4. The molecule has 0 aromatic heterocycles. The number of nitrogens with one attached hydrogen (secondary N) is 1. The minimum absolute atomic E-state index is 0.216. The van der Waals surface area contributed by atoms with Crippen molar-refractivity contribution in [3.05, 3.63) is 41.7 Å². The Hall–Kier alpha value is -1.84. The van der Waals surface area contributed by atoms with Crippen LogP contribution in [0.4, 0.5) is 10.1 Å². The number of hydrogen-bond acceptors (Lipinski definition) is 2. The standard InChI is InChI=1S/C11H13FN2O/c1-7(2)6-14-11(15)8-3-9(12)5-10(13)4-8/h3-5H,1,6,13H2,2H3,(H,14,15). The maximum absolute atomic E-state index is 12.9. The van der Waals surface area contributed by atoms with Gasteiger partial charge in [0, 0.05) is 17.8 Å². The van der Waals surface area contributed by atoms with Crippen LogP contribution in [0.25, 0.3) is 0 Å². The third kappa shape index (κ3) is 3.42. The molecule has 0 heterocycles. The van der Waals surface area contributed by atoms with Crippen LogP contribution in [-0.2, 0) is 0 Å². The number of halogens is 1. The Morgan fingerprint density at radius 3 is 2.73 bits per heavy atom. The maximum atomic E-state index is 12.9. The number of carbonyl (C=O) groups is 1. The summed E-state index contributed by atoms with van der Waals surface area (Å²) in [5.41, 5.74) is 6.69. The molecule has 0 radical (unpaired) electrons. The maximum Gasteiger partial charge on any atom is 0.251 e. The van der Waals surface area contributed by atoms with Crippen LogP contribution in [0, 0.1) is 5.82 Å². The number of nitrogens with two attached hydrogens (primary N) is 1. The fraction of sp³-hybridized carbons (Fsp3) is 0.182. The van der Waals surface area contributed by atoms with E-state index in [9.17, 15) is 9.18 Å². The topological polar surface area (TPSA) is 55.1 Å². The van der Waals surface area contributed by atoms with Gasteiger partial charge in [0.2, 0.25) is 0 Å². The quantitative estimate of drug-likeness (QED) is 0.587. The Morgan fingerprint density at radius 2 is 2.20 bits per heavy atom. The van der Waals surface area contributed by atoms with E-state index in [1.807, 2.05) is 0 Å². The van der Waals surface area contributed by atoms with Crippen LogP contribution in [0.5, 0.6) is 0 Å². The summed E-state index contributed by atoms with van der Waals surface area (Å²) in [7, 11) is 0. The summed E-state index contributed by atoms with van der Waals surface area (Å²) in [6.45, 7) is 5.80. The van der Waals surface area contributed by atoms with Gasteiger partial charge in [-0.25, -0.2) is 4.39 Å². The van der Waals surface area contributed by atoms with Gasteiger partial charge in [0.25, 0.3) is 5.91 Å². The normalized spacial score (nSPS) is 9.73. The summed E-state index contributed by atoms with van der Waals surface area (Å²) in [6.07, 6.45) is 0. The van der Waals surface area contributed by atoms with Crippen molar-refractivity contribution in [3.8, 4) is 0 Å². The predicted molar refractivity (Wildman–Crippen MR) is 58.0 cm³/mol. The lowest BCUT2D eigenvalue weighted by Crippen LogP contribution is -2.25. The van der Waals surface area contributed by atoms with Crippen LogP contribution in [0.1, 0.15) is 17.3 Å². The van der Waals surface area contributed by atoms with Crippen molar-refractivity contribution in [2.75, 3.05) is 12.3 Å². The highest BCUT2D eigenvalue weighted by atomic mass is 19.1. The molecular formula is C11H13FN2O. The highest BCUT2D eigenvalue weighted by molar-refractivity contribution is 5.95. The van der Waals surface area contributed by atoms with Gasteiger partial charge in [-0.05, 0) is 25.1 Å². The predicted octanol–water partition coefficient (Wildman–Crippen LogP) is 1.71. The first-order valence-electron chi connectivity index (χ1n) is 4.47. The molecule has 15 heavy (non-hydrogen) atoms. The third-order valence-electron chi connectivity index (χ3n) is 1.73. The molecule has 0 unspecified atom stereocenters. The zero-order valence-electron chi connectivity index (χ0n) is 8.51. The van der Waals surface area contributed by atoms with E-state index in [0.717, 1.165) is 17.7 Å². The SMILES string of the molecule is C=C(C)CNC(=O)c1cc(N)cc(F)c1. The molecule has 0 fully saturated rings. The summed E-state index contributed by atoms with van der Waals surface area (Å²) in [5, 5.41) is 2.59. The molecule has 0 aliphatic heterocycles. The summed E-state index contributed by atoms with van der Waals surface area (Å²) in [4.78, 5) is 11.5. The Bertz CT molecular complexity index is 381. The van der Waals surface area contributed by atoms with Crippen molar-refractivity contribution >= 4 is 11.6 Å². The Balaban J connectivity index is 2.77. The lowest BCUT2D eigenvalue weighted by molar-refractivity contribution is 0.0956. The van der Waals surface area contributed by atoms with Crippen molar-refractivity contribution < 1.29 is 9.18 Å². The monoisotopic (exact) mass is 208 g/mol. The second-order valence-corrected chi connectivity index (χ2v) is 3.41. The van der Waals surface area contributed by atoms with Crippen LogP contribution in [-0.4, -0.2) is 12.5 Å². The van der Waals surface area contributed by atoms with Gasteiger partial charge < -0.3 is 11.1 Å². The second kappa shape index (κ2) is 4.59. The van der Waals surface area contributed by atoms with E-state index >= 15 is 0 Å². The third-order valence-corrected chi connectivity index (χ3v) is 1.73. The van der Waals surface area contributed by atoms with Gasteiger partial charge >= 0.3 is 0 Å². The molecule has 0 aliphatic rings. The van der Waals surface area contributed by atoms with Crippen LogP contribution in [0.15, 0.2) is 30.4 Å². The molecule has 0 bridgehead atoms. The van der Waals surface area contributed by atoms with Gasteiger partial charge in [0.05, 0.1) is 0 Å². The Morgan fingerprint density at radius 1 is 1.53 bits per heavy atom. The number of nitrogen functional groups attached to an aromatic ring is 1. The Labute approximate surface area is 87.8 Å². The molecule has 0 saturated heterocycles. The molecule has 1 aromatic carbocycles. The molecule has 3 N–H and O–H groups in total. The van der Waals surface area contributed by atoms with Crippen LogP contribution in [0.3, 0.4) is 0 Å². The van der Waals surface area contributed by atoms with E-state index in [4.69, 9.17) is 5.73 Å². The first-order chi connectivity index (χ1) is 6.99. The lowest BCUT2D eigenvalue weighted by Gasteiger charge is -2.05. The van der Waals surface area contributed by atoms with E-state index in [0.29, 0.717) is 6.54 Å². The van der Waals surface area contributed by atoms with E-state index < -0.39 is 5.82 Å². The first kappa shape index (κ1) is 11.2. The van der Waals surface area contributed by atoms with Gasteiger partial charge in [0.1, 0.15) is 5.82 Å². The molecule has 4 heteroatoms. The minimum Gasteiger partial charge on any atom is -0.399 e. The smallest absolute Gasteiger partial charge is 0.251 e. The van der Waals surface area contributed by atoms with Crippen LogP contribution in [0.2, 0.25) is 0 Å². The van der Waals surface area contributed by atoms with Gasteiger partial charge in [-0.15, -0.1) is 0 Å². The summed E-state index contributed by atoms with van der Waals surface area (Å²) in [5.74, 6) is -0.875. The lowest BCUT2D eigenvalue weighted by atomic mass is 10.2. The second-order valence-electron chi connectivity index (χ2n) is 3.41. The molecule has 0 aliphatic carbocycles. The largest absolute Gasteiger partial charge is 0.399 e. The average molecular weight is 208 g/mol. The number of rotatable bonds is 3. The molecule has 0 saturated carbocycles. The number of anilines is 1. The summed E-state index contributed by atoms with van der Waals surface area (Å²) < 4.78 is 12.9. The molecule has 1 rings (SSSR count). The number of carbonyl (C=O) groups excluding carboxylic acids is 1. The fourth-order valence-electron chi connectivity index (χ4n) is 1.08. The van der Waals surface area contributed by atoms with E-state index in [2.05, 4.69) is 11.9 Å². The molecular weight excluding hydrogens is 195 g/mol. The summed E-state index contributed by atoms with van der Waals surface area (Å²) in [6, 6.07) is 3.73. The molecule has 1 amide bonds. The zero-order valence-corrected chi connectivity index (χ0v) is 8.51. The van der Waals surface area contributed by atoms with E-state index in [-0.39, 0.29) is 17.2 Å². The fourth-order valence-corrected chi connectivity index (χ4v) is 1.08. The highest BCUT2D eigenvalue weighted by Crippen LogP contribution is 2.10. The molecule has 80 valence electrons. The van der Waals surface area contributed by atoms with Gasteiger partial charge in [0.15, 0.2) is 0 Å². The number of benzene rings is 1. The highest BCUT2D eigenvalue weighted by Gasteiger charge is 2.07. The Kier molecular flexibility index (Phi) is 3.44. The molecule has 0 spiro atoms. The number of hydrogen-bond donors (Lipinski definition) is 2. The van der Waals surface area contributed by atoms with Crippen LogP contribution < -0.4 is 11.1 Å². The van der Waals surface area contributed by atoms with Crippen molar-refractivity contribution in [1.82, 2.24) is 5.32 Å². The molecule has 3 nitrogen and oxygen atoms in total. The minimum atomic E-state index is -0.518. The van der Waals surface area contributed by atoms with E-state index in [1.54, 1.807) is 6.92 Å². The van der Waals surface area contributed by atoms with Crippen molar-refractivity contribution in [3.63, 3.8) is 0 Å². The van der Waals surface area contributed by atoms with Crippen molar-refractivity contribution in [2.24, 2.45) is 0 Å². The summed E-state index contributed by atoms with van der Waals surface area (Å²) >= 11 is 0. The van der Waals surface area contributed by atoms with Gasteiger partial charge in [-0.3, -0.25) is 4.79 Å².